The van der Waals surface area contributed by atoms with Crippen molar-refractivity contribution in [2.45, 2.75) is 13.3 Å². The van der Waals surface area contributed by atoms with Crippen molar-refractivity contribution in [3.63, 3.8) is 0 Å². The number of rotatable bonds is 5. The molecule has 0 aliphatic rings. The highest BCUT2D eigenvalue weighted by Crippen LogP contribution is 2.29. The second-order valence-electron chi connectivity index (χ2n) is 5.04. The standard InChI is InChI=1S/C17H15Cl3N2O2/c1-11(23)22(13-7-5-12(18)6-8-13)10-9-16(24)21-17-14(19)3-2-4-15(17)20/h2-8H,9-10H2,1H3,(H,21,24). The lowest BCUT2D eigenvalue weighted by Crippen LogP contribution is -2.31. The third-order valence-corrected chi connectivity index (χ3v) is 4.19. The van der Waals surface area contributed by atoms with Crippen molar-refractivity contribution >= 4 is 58.0 Å². The maximum Gasteiger partial charge on any atom is 0.226 e. The highest BCUT2D eigenvalue weighted by Gasteiger charge is 2.15. The number of nitrogens with zero attached hydrogens (tertiary/aromatic N) is 1. The van der Waals surface area contributed by atoms with Gasteiger partial charge in [-0.25, -0.2) is 0 Å². The van der Waals surface area contributed by atoms with Crippen molar-refractivity contribution in [1.82, 2.24) is 0 Å². The molecule has 2 aromatic rings. The Kier molecular flexibility index (Phi) is 6.49. The van der Waals surface area contributed by atoms with Gasteiger partial charge in [0.1, 0.15) is 0 Å². The van der Waals surface area contributed by atoms with Crippen LogP contribution in [0.4, 0.5) is 11.4 Å². The number of anilines is 2. The number of nitrogens with one attached hydrogen (secondary N) is 1. The molecular formula is C17H15Cl3N2O2. The number of hydrogen-bond acceptors (Lipinski definition) is 2. The summed E-state index contributed by atoms with van der Waals surface area (Å²) < 4.78 is 0. The van der Waals surface area contributed by atoms with Crippen LogP contribution >= 0.6 is 34.8 Å². The molecule has 0 radical (unpaired) electrons. The molecule has 0 aromatic heterocycles. The van der Waals surface area contributed by atoms with Gasteiger partial charge in [-0.2, -0.15) is 0 Å². The molecule has 4 nitrogen and oxygen atoms in total. The van der Waals surface area contributed by atoms with Gasteiger partial charge in [-0.05, 0) is 36.4 Å². The molecule has 0 atom stereocenters. The topological polar surface area (TPSA) is 49.4 Å². The quantitative estimate of drug-likeness (QED) is 0.785. The molecule has 0 saturated carbocycles. The normalized spacial score (nSPS) is 10.3. The number of carbonyl (C=O) groups is 2. The Balaban J connectivity index is 2.03. The Hall–Kier alpha value is -1.75. The lowest BCUT2D eigenvalue weighted by molar-refractivity contribution is -0.117. The van der Waals surface area contributed by atoms with Gasteiger partial charge in [-0.3, -0.25) is 9.59 Å². The molecule has 2 aromatic carbocycles. The molecule has 2 rings (SSSR count). The zero-order valence-corrected chi connectivity index (χ0v) is 15.1. The molecule has 0 aliphatic heterocycles. The summed E-state index contributed by atoms with van der Waals surface area (Å²) in [6.45, 7) is 1.67. The van der Waals surface area contributed by atoms with Gasteiger partial charge in [0.05, 0.1) is 15.7 Å². The molecule has 0 fully saturated rings. The molecule has 2 amide bonds. The molecular weight excluding hydrogens is 371 g/mol. The van der Waals surface area contributed by atoms with E-state index in [1.54, 1.807) is 42.5 Å². The smallest absolute Gasteiger partial charge is 0.226 e. The first-order valence-corrected chi connectivity index (χ1v) is 8.29. The molecule has 0 saturated heterocycles. The summed E-state index contributed by atoms with van der Waals surface area (Å²) in [7, 11) is 0. The minimum absolute atomic E-state index is 0.101. The second-order valence-corrected chi connectivity index (χ2v) is 6.29. The first kappa shape index (κ1) is 18.6. The molecule has 24 heavy (non-hydrogen) atoms. The van der Waals surface area contributed by atoms with E-state index in [1.165, 1.54) is 11.8 Å². The van der Waals surface area contributed by atoms with Crippen LogP contribution in [0, 0.1) is 0 Å². The minimum atomic E-state index is -0.287. The largest absolute Gasteiger partial charge is 0.323 e. The summed E-state index contributed by atoms with van der Waals surface area (Å²) in [4.78, 5) is 25.5. The van der Waals surface area contributed by atoms with E-state index in [1.807, 2.05) is 0 Å². The van der Waals surface area contributed by atoms with Gasteiger partial charge in [0, 0.05) is 30.6 Å². The van der Waals surface area contributed by atoms with Crippen LogP contribution < -0.4 is 10.2 Å². The monoisotopic (exact) mass is 384 g/mol. The van der Waals surface area contributed by atoms with Gasteiger partial charge >= 0.3 is 0 Å². The zero-order chi connectivity index (χ0) is 17.7. The van der Waals surface area contributed by atoms with Crippen LogP contribution in [0.5, 0.6) is 0 Å². The van der Waals surface area contributed by atoms with Crippen molar-refractivity contribution < 1.29 is 9.59 Å². The summed E-state index contributed by atoms with van der Waals surface area (Å²) in [6.07, 6.45) is 0.101. The Morgan fingerprint density at radius 3 is 2.12 bits per heavy atom. The predicted molar refractivity (Wildman–Crippen MR) is 99.2 cm³/mol. The van der Waals surface area contributed by atoms with E-state index >= 15 is 0 Å². The summed E-state index contributed by atoms with van der Waals surface area (Å²) in [6, 6.07) is 11.8. The van der Waals surface area contributed by atoms with E-state index in [0.29, 0.717) is 26.4 Å². The maximum absolute atomic E-state index is 12.1. The van der Waals surface area contributed by atoms with Crippen LogP contribution in [-0.2, 0) is 9.59 Å². The zero-order valence-electron chi connectivity index (χ0n) is 12.9. The van der Waals surface area contributed by atoms with Gasteiger partial charge in [-0.15, -0.1) is 0 Å². The van der Waals surface area contributed by atoms with Crippen LogP contribution in [0.1, 0.15) is 13.3 Å². The first-order valence-electron chi connectivity index (χ1n) is 7.16. The number of carbonyl (C=O) groups excluding carboxylic acids is 2. The number of hydrogen-bond donors (Lipinski definition) is 1. The Labute approximate surface area is 155 Å². The van der Waals surface area contributed by atoms with Crippen LogP contribution in [0.2, 0.25) is 15.1 Å². The molecule has 0 aliphatic carbocycles. The van der Waals surface area contributed by atoms with Crippen LogP contribution in [-0.4, -0.2) is 18.4 Å². The highest BCUT2D eigenvalue weighted by molar-refractivity contribution is 6.39. The van der Waals surface area contributed by atoms with E-state index in [0.717, 1.165) is 0 Å². The van der Waals surface area contributed by atoms with E-state index in [4.69, 9.17) is 34.8 Å². The molecule has 0 spiro atoms. The van der Waals surface area contributed by atoms with Gasteiger partial charge in [0.2, 0.25) is 11.8 Å². The molecule has 7 heteroatoms. The van der Waals surface area contributed by atoms with Crippen LogP contribution in [0.3, 0.4) is 0 Å². The van der Waals surface area contributed by atoms with Gasteiger partial charge in [-0.1, -0.05) is 40.9 Å². The third kappa shape index (κ3) is 4.87. The summed E-state index contributed by atoms with van der Waals surface area (Å²) in [5, 5.41) is 3.97. The van der Waals surface area contributed by atoms with E-state index < -0.39 is 0 Å². The van der Waals surface area contributed by atoms with E-state index in [9.17, 15) is 9.59 Å². The highest BCUT2D eigenvalue weighted by atomic mass is 35.5. The van der Waals surface area contributed by atoms with E-state index in [-0.39, 0.29) is 24.8 Å². The Bertz CT molecular complexity index is 728. The number of para-hydroxylation sites is 1. The van der Waals surface area contributed by atoms with E-state index in [2.05, 4.69) is 5.32 Å². The average molecular weight is 386 g/mol. The molecule has 0 unspecified atom stereocenters. The average Bonchev–Trinajstić information content (AvgIpc) is 2.52. The SMILES string of the molecule is CC(=O)N(CCC(=O)Nc1c(Cl)cccc1Cl)c1ccc(Cl)cc1. The van der Waals surface area contributed by atoms with Crippen molar-refractivity contribution in [1.29, 1.82) is 0 Å². The van der Waals surface area contributed by atoms with Gasteiger partial charge in [0.15, 0.2) is 0 Å². The Morgan fingerprint density at radius 2 is 1.58 bits per heavy atom. The van der Waals surface area contributed by atoms with Gasteiger partial charge in [0.25, 0.3) is 0 Å². The van der Waals surface area contributed by atoms with Crippen molar-refractivity contribution in [2.75, 3.05) is 16.8 Å². The summed E-state index contributed by atoms with van der Waals surface area (Å²) in [5.74, 6) is -0.453. The summed E-state index contributed by atoms with van der Waals surface area (Å²) >= 11 is 17.9. The summed E-state index contributed by atoms with van der Waals surface area (Å²) in [5.41, 5.74) is 1.04. The number of benzene rings is 2. The van der Waals surface area contributed by atoms with Crippen LogP contribution in [0.25, 0.3) is 0 Å². The van der Waals surface area contributed by atoms with Crippen LogP contribution in [0.15, 0.2) is 42.5 Å². The predicted octanol–water partition coefficient (Wildman–Crippen LogP) is 5.03. The lowest BCUT2D eigenvalue weighted by Gasteiger charge is -2.21. The Morgan fingerprint density at radius 1 is 1.00 bits per heavy atom. The van der Waals surface area contributed by atoms with Crippen molar-refractivity contribution in [2.24, 2.45) is 0 Å². The number of halogens is 3. The minimum Gasteiger partial charge on any atom is -0.323 e. The lowest BCUT2D eigenvalue weighted by atomic mass is 10.2. The molecule has 1 N–H and O–H groups in total. The fourth-order valence-corrected chi connectivity index (χ4v) is 2.74. The maximum atomic E-state index is 12.1. The fourth-order valence-electron chi connectivity index (χ4n) is 2.12. The number of amides is 2. The second kappa shape index (κ2) is 8.38. The van der Waals surface area contributed by atoms with Gasteiger partial charge < -0.3 is 10.2 Å². The molecule has 0 heterocycles. The van der Waals surface area contributed by atoms with Crippen molar-refractivity contribution in [3.8, 4) is 0 Å². The molecule has 0 bridgehead atoms. The molecule has 126 valence electrons. The van der Waals surface area contributed by atoms with Crippen molar-refractivity contribution in [3.05, 3.63) is 57.5 Å². The fraction of sp³-hybridized carbons (Fsp3) is 0.176. The first-order chi connectivity index (χ1) is 11.4. The third-order valence-electron chi connectivity index (χ3n) is 3.31.